The van der Waals surface area contributed by atoms with Crippen molar-refractivity contribution < 1.29 is 28.1 Å². The van der Waals surface area contributed by atoms with Gasteiger partial charge in [-0.2, -0.15) is 10.1 Å². The van der Waals surface area contributed by atoms with Crippen LogP contribution in [0.25, 0.3) is 33.5 Å². The first-order valence-electron chi connectivity index (χ1n) is 11.6. The topological polar surface area (TPSA) is 152 Å². The van der Waals surface area contributed by atoms with Crippen LogP contribution in [-0.4, -0.2) is 86.9 Å². The summed E-state index contributed by atoms with van der Waals surface area (Å²) < 4.78 is 35.7. The van der Waals surface area contributed by atoms with E-state index in [1.807, 2.05) is 30.5 Å². The summed E-state index contributed by atoms with van der Waals surface area (Å²) >= 11 is 6.53. The van der Waals surface area contributed by atoms with Gasteiger partial charge in [-0.3, -0.25) is 4.68 Å². The second-order valence-electron chi connectivity index (χ2n) is 9.03. The Kier molecular flexibility index (Phi) is 7.19. The number of benzene rings is 1. The van der Waals surface area contributed by atoms with Crippen LogP contribution in [0.3, 0.4) is 0 Å². The number of aliphatic hydroxyl groups is 2. The number of imidazole rings is 1. The molecule has 3 N–H and O–H groups in total. The number of hydrogen-bond donors (Lipinski definition) is 3. The number of aromatic nitrogens is 5. The number of pyridine rings is 1. The molecule has 4 heterocycles. The van der Waals surface area contributed by atoms with Gasteiger partial charge in [0.15, 0.2) is 5.65 Å². The summed E-state index contributed by atoms with van der Waals surface area (Å²) in [4.78, 5) is 12.1. The van der Waals surface area contributed by atoms with E-state index in [4.69, 9.17) is 21.1 Å². The van der Waals surface area contributed by atoms with Gasteiger partial charge in [0.25, 0.3) is 6.01 Å². The van der Waals surface area contributed by atoms with Crippen molar-refractivity contribution in [1.29, 1.82) is 0 Å². The number of fused-ring (bicyclic) bond motifs is 1. The molecular formula is C24H26ClN5O6S. The number of hydrogen-bond acceptors (Lipinski definition) is 9. The van der Waals surface area contributed by atoms with E-state index in [0.29, 0.717) is 34.8 Å². The lowest BCUT2D eigenvalue weighted by atomic mass is 10.0. The number of rotatable bonds is 8. The number of sulfone groups is 1. The van der Waals surface area contributed by atoms with Gasteiger partial charge in [-0.15, -0.1) is 0 Å². The molecule has 4 aromatic rings. The quantitative estimate of drug-likeness (QED) is 0.301. The van der Waals surface area contributed by atoms with E-state index in [1.165, 1.54) is 6.26 Å². The number of halogens is 1. The number of nitrogens with zero attached hydrogens (tertiary/aromatic N) is 4. The first kappa shape index (κ1) is 25.6. The van der Waals surface area contributed by atoms with Crippen LogP contribution in [0.5, 0.6) is 6.01 Å². The van der Waals surface area contributed by atoms with Gasteiger partial charge in [0.1, 0.15) is 22.0 Å². The number of nitrogens with one attached hydrogen (secondary N) is 1. The lowest BCUT2D eigenvalue weighted by Gasteiger charge is -2.31. The molecule has 1 aliphatic heterocycles. The first-order chi connectivity index (χ1) is 17.7. The normalized spacial score (nSPS) is 20.4. The molecule has 1 unspecified atom stereocenters. The predicted molar refractivity (Wildman–Crippen MR) is 137 cm³/mol. The van der Waals surface area contributed by atoms with Gasteiger partial charge in [0.05, 0.1) is 54.0 Å². The Bertz CT molecular complexity index is 1500. The summed E-state index contributed by atoms with van der Waals surface area (Å²) in [6.45, 7) is 0.269. The third-order valence-corrected chi connectivity index (χ3v) is 7.32. The van der Waals surface area contributed by atoms with Crippen LogP contribution in [0.15, 0.2) is 42.7 Å². The standard InChI is InChI=1S/C24H26ClN5O6S/c1-37(33,34)7-6-30-11-16(10-26-30)14-2-4-15(5-3-14)22-18(25)9-19-23(28-22)29-24(27-19)36-17-8-20(32)21(12-31)35-13-17/h2-5,9-11,17,20-21,31-32H,6-8,12-13H2,1H3,(H,27,28,29)/t17-,20+,21?/m1/s1. The Morgan fingerprint density at radius 3 is 2.68 bits per heavy atom. The molecule has 196 valence electrons. The van der Waals surface area contributed by atoms with Crippen molar-refractivity contribution in [3.8, 4) is 28.4 Å². The largest absolute Gasteiger partial charge is 0.459 e. The zero-order valence-electron chi connectivity index (χ0n) is 19.9. The summed E-state index contributed by atoms with van der Waals surface area (Å²) in [5, 5.41) is 23.9. The summed E-state index contributed by atoms with van der Waals surface area (Å²) in [5.41, 5.74) is 4.17. The third kappa shape index (κ3) is 5.94. The molecule has 11 nitrogen and oxygen atoms in total. The lowest BCUT2D eigenvalue weighted by Crippen LogP contribution is -2.45. The molecule has 13 heteroatoms. The highest BCUT2D eigenvalue weighted by molar-refractivity contribution is 7.90. The number of H-pyrrole nitrogens is 1. The van der Waals surface area contributed by atoms with Crippen molar-refractivity contribution in [2.45, 2.75) is 31.3 Å². The van der Waals surface area contributed by atoms with Gasteiger partial charge in [-0.1, -0.05) is 35.9 Å². The number of aliphatic hydroxyl groups excluding tert-OH is 2. The highest BCUT2D eigenvalue weighted by atomic mass is 35.5. The maximum absolute atomic E-state index is 11.4. The molecule has 0 aliphatic carbocycles. The highest BCUT2D eigenvalue weighted by Crippen LogP contribution is 2.31. The summed E-state index contributed by atoms with van der Waals surface area (Å²) in [6, 6.07) is 9.59. The van der Waals surface area contributed by atoms with Crippen LogP contribution < -0.4 is 4.74 Å². The van der Waals surface area contributed by atoms with Gasteiger partial charge in [-0.05, 0) is 11.6 Å². The van der Waals surface area contributed by atoms with Crippen LogP contribution >= 0.6 is 11.6 Å². The van der Waals surface area contributed by atoms with E-state index in [9.17, 15) is 18.6 Å². The molecule has 0 amide bonds. The van der Waals surface area contributed by atoms with Gasteiger partial charge >= 0.3 is 0 Å². The van der Waals surface area contributed by atoms with E-state index in [0.717, 1.165) is 16.7 Å². The van der Waals surface area contributed by atoms with Gasteiger partial charge < -0.3 is 24.7 Å². The van der Waals surface area contributed by atoms with Crippen LogP contribution in [0.1, 0.15) is 6.42 Å². The van der Waals surface area contributed by atoms with Crippen LogP contribution in [0, 0.1) is 0 Å². The fraction of sp³-hybridized carbons (Fsp3) is 0.375. The molecular weight excluding hydrogens is 522 g/mol. The van der Waals surface area contributed by atoms with Crippen molar-refractivity contribution in [3.05, 3.63) is 47.7 Å². The molecule has 0 radical (unpaired) electrons. The van der Waals surface area contributed by atoms with Crippen molar-refractivity contribution in [2.24, 2.45) is 0 Å². The van der Waals surface area contributed by atoms with E-state index < -0.39 is 28.1 Å². The fourth-order valence-electron chi connectivity index (χ4n) is 4.11. The Balaban J connectivity index is 1.31. The fourth-order valence-corrected chi connectivity index (χ4v) is 4.89. The van der Waals surface area contributed by atoms with Crippen LogP contribution in [-0.2, 0) is 21.1 Å². The van der Waals surface area contributed by atoms with Crippen LogP contribution in [0.4, 0.5) is 0 Å². The van der Waals surface area contributed by atoms with E-state index in [1.54, 1.807) is 16.9 Å². The molecule has 1 saturated heterocycles. The maximum Gasteiger partial charge on any atom is 0.296 e. The molecule has 0 bridgehead atoms. The zero-order valence-corrected chi connectivity index (χ0v) is 21.5. The Labute approximate surface area is 218 Å². The lowest BCUT2D eigenvalue weighted by molar-refractivity contribution is -0.131. The SMILES string of the molecule is CS(=O)(=O)CCn1cc(-c2ccc(-c3nc4nc(O[C@H]5COC(CO)[C@@H](O)C5)[nH]c4cc3Cl)cc2)cn1. The van der Waals surface area contributed by atoms with Gasteiger partial charge in [0.2, 0.25) is 0 Å². The molecule has 3 aromatic heterocycles. The van der Waals surface area contributed by atoms with Crippen LogP contribution in [0.2, 0.25) is 5.02 Å². The molecule has 1 fully saturated rings. The molecule has 37 heavy (non-hydrogen) atoms. The van der Waals surface area contributed by atoms with Crippen molar-refractivity contribution >= 4 is 32.6 Å². The second-order valence-corrected chi connectivity index (χ2v) is 11.7. The molecule has 1 aliphatic rings. The minimum Gasteiger partial charge on any atom is -0.459 e. The zero-order chi connectivity index (χ0) is 26.2. The highest BCUT2D eigenvalue weighted by Gasteiger charge is 2.31. The number of ether oxygens (including phenoxy) is 2. The average molecular weight is 548 g/mol. The van der Waals surface area contributed by atoms with E-state index >= 15 is 0 Å². The molecule has 0 saturated carbocycles. The van der Waals surface area contributed by atoms with Crippen molar-refractivity contribution in [2.75, 3.05) is 25.2 Å². The number of aryl methyl sites for hydroxylation is 1. The van der Waals surface area contributed by atoms with Gasteiger partial charge in [-0.25, -0.2) is 13.4 Å². The molecule has 1 aromatic carbocycles. The first-order valence-corrected chi connectivity index (χ1v) is 14.1. The minimum absolute atomic E-state index is 0.0280. The second kappa shape index (κ2) is 10.4. The monoisotopic (exact) mass is 547 g/mol. The summed E-state index contributed by atoms with van der Waals surface area (Å²) in [7, 11) is -3.06. The molecule has 5 rings (SSSR count). The minimum atomic E-state index is -3.06. The van der Waals surface area contributed by atoms with E-state index in [-0.39, 0.29) is 25.0 Å². The maximum atomic E-state index is 11.4. The predicted octanol–water partition coefficient (Wildman–Crippen LogP) is 2.08. The number of aromatic amines is 1. The summed E-state index contributed by atoms with van der Waals surface area (Å²) in [5.74, 6) is 0.0280. The summed E-state index contributed by atoms with van der Waals surface area (Å²) in [6.07, 6.45) is 3.16. The Morgan fingerprint density at radius 1 is 1.22 bits per heavy atom. The van der Waals surface area contributed by atoms with Gasteiger partial charge in [0, 0.05) is 30.0 Å². The average Bonchev–Trinajstić information content (AvgIpc) is 3.48. The molecule has 0 spiro atoms. The Morgan fingerprint density at radius 2 is 1.97 bits per heavy atom. The Hall–Kier alpha value is -3.03. The molecule has 3 atom stereocenters. The van der Waals surface area contributed by atoms with Crippen molar-refractivity contribution in [3.63, 3.8) is 0 Å². The third-order valence-electron chi connectivity index (χ3n) is 6.11. The van der Waals surface area contributed by atoms with E-state index in [2.05, 4.69) is 20.1 Å². The smallest absolute Gasteiger partial charge is 0.296 e. The van der Waals surface area contributed by atoms with Crippen molar-refractivity contribution in [1.82, 2.24) is 24.7 Å².